The summed E-state index contributed by atoms with van der Waals surface area (Å²) in [6, 6.07) is 8.53. The van der Waals surface area contributed by atoms with Gasteiger partial charge >= 0.3 is 0 Å². The first-order valence-corrected chi connectivity index (χ1v) is 10.1. The van der Waals surface area contributed by atoms with Crippen molar-refractivity contribution in [2.75, 3.05) is 5.32 Å². The second-order valence-corrected chi connectivity index (χ2v) is 7.96. The molecule has 0 bridgehead atoms. The molecule has 1 unspecified atom stereocenters. The highest BCUT2D eigenvalue weighted by atomic mass is 79.9. The first kappa shape index (κ1) is 21.8. The minimum atomic E-state index is -0.626. The zero-order valence-corrected chi connectivity index (χ0v) is 18.7. The number of ether oxygens (including phenoxy) is 1. The molecule has 2 aromatic carbocycles. The topological polar surface area (TPSA) is 99.3 Å². The smallest absolute Gasteiger partial charge is 0.275 e. The number of hydrogen-bond acceptors (Lipinski definition) is 5. The van der Waals surface area contributed by atoms with Gasteiger partial charge in [-0.3, -0.25) is 19.6 Å². The zero-order valence-electron chi connectivity index (χ0n) is 16.3. The van der Waals surface area contributed by atoms with E-state index in [1.165, 1.54) is 18.2 Å². The van der Waals surface area contributed by atoms with Gasteiger partial charge in [-0.1, -0.05) is 11.6 Å². The van der Waals surface area contributed by atoms with Crippen molar-refractivity contribution in [1.82, 2.24) is 9.78 Å². The summed E-state index contributed by atoms with van der Waals surface area (Å²) in [6.07, 6.45) is 1.60. The number of halogens is 2. The third-order valence-electron chi connectivity index (χ3n) is 4.47. The molecule has 1 heterocycles. The number of carbonyl (C=O) groups is 1. The molecule has 0 saturated heterocycles. The lowest BCUT2D eigenvalue weighted by atomic mass is 10.2. The van der Waals surface area contributed by atoms with Crippen molar-refractivity contribution in [2.24, 2.45) is 0 Å². The molecule has 8 nitrogen and oxygen atoms in total. The van der Waals surface area contributed by atoms with Crippen molar-refractivity contribution in [1.29, 1.82) is 0 Å². The van der Waals surface area contributed by atoms with E-state index in [2.05, 4.69) is 26.3 Å². The molecule has 156 valence electrons. The summed E-state index contributed by atoms with van der Waals surface area (Å²) in [7, 11) is 0. The Morgan fingerprint density at radius 2 is 2.03 bits per heavy atom. The quantitative estimate of drug-likeness (QED) is 0.345. The van der Waals surface area contributed by atoms with Gasteiger partial charge in [0.25, 0.3) is 5.69 Å². The molecule has 1 aromatic heterocycles. The number of hydrogen-bond donors (Lipinski definition) is 1. The summed E-state index contributed by atoms with van der Waals surface area (Å²) in [4.78, 5) is 23.5. The van der Waals surface area contributed by atoms with Crippen molar-refractivity contribution in [3.8, 4) is 11.5 Å². The molecule has 0 aliphatic heterocycles. The van der Waals surface area contributed by atoms with Gasteiger partial charge in [0.1, 0.15) is 17.5 Å². The van der Waals surface area contributed by atoms with E-state index in [-0.39, 0.29) is 23.0 Å². The Balaban J connectivity index is 1.87. The van der Waals surface area contributed by atoms with E-state index in [0.717, 1.165) is 15.7 Å². The summed E-state index contributed by atoms with van der Waals surface area (Å²) >= 11 is 9.32. The van der Waals surface area contributed by atoms with Crippen molar-refractivity contribution >= 4 is 44.8 Å². The summed E-state index contributed by atoms with van der Waals surface area (Å²) in [6.45, 7) is 5.33. The van der Waals surface area contributed by atoms with Crippen molar-refractivity contribution in [3.05, 3.63) is 73.5 Å². The average molecular weight is 494 g/mol. The van der Waals surface area contributed by atoms with Crippen LogP contribution in [0.2, 0.25) is 5.02 Å². The number of benzene rings is 2. The summed E-state index contributed by atoms with van der Waals surface area (Å²) in [5.74, 6) is 0.348. The number of carbonyl (C=O) groups excluding carboxylic acids is 1. The van der Waals surface area contributed by atoms with Crippen LogP contribution in [0.5, 0.6) is 11.5 Å². The second kappa shape index (κ2) is 8.85. The fraction of sp³-hybridized carbons (Fsp3) is 0.200. The Labute approximate surface area is 186 Å². The van der Waals surface area contributed by atoms with Crippen molar-refractivity contribution < 1.29 is 14.5 Å². The highest BCUT2D eigenvalue weighted by Crippen LogP contribution is 2.32. The van der Waals surface area contributed by atoms with Gasteiger partial charge in [-0.2, -0.15) is 5.10 Å². The number of anilines is 1. The lowest BCUT2D eigenvalue weighted by molar-refractivity contribution is -0.384. The van der Waals surface area contributed by atoms with Crippen LogP contribution in [0.1, 0.15) is 24.2 Å². The summed E-state index contributed by atoms with van der Waals surface area (Å²) in [5.41, 5.74) is 1.60. The Morgan fingerprint density at radius 3 is 2.63 bits per heavy atom. The largest absolute Gasteiger partial charge is 0.457 e. The molecule has 0 radical (unpaired) electrons. The number of aryl methyl sites for hydroxylation is 1. The number of nitrogens with one attached hydrogen (secondary N) is 1. The van der Waals surface area contributed by atoms with E-state index >= 15 is 0 Å². The van der Waals surface area contributed by atoms with Crippen LogP contribution in [0, 0.1) is 24.0 Å². The second-order valence-electron chi connectivity index (χ2n) is 6.67. The van der Waals surface area contributed by atoms with E-state index in [1.54, 1.807) is 36.0 Å². The number of amides is 1. The number of non-ortho nitro benzene ring substituents is 1. The number of nitro groups is 1. The van der Waals surface area contributed by atoms with Crippen LogP contribution in [-0.4, -0.2) is 20.6 Å². The lowest BCUT2D eigenvalue weighted by Gasteiger charge is -2.15. The monoisotopic (exact) mass is 492 g/mol. The number of nitrogens with zero attached hydrogens (tertiary/aromatic N) is 3. The predicted molar refractivity (Wildman–Crippen MR) is 117 cm³/mol. The molecule has 3 aromatic rings. The number of aromatic nitrogens is 2. The van der Waals surface area contributed by atoms with Crippen molar-refractivity contribution in [3.63, 3.8) is 0 Å². The third kappa shape index (κ3) is 4.80. The molecule has 10 heteroatoms. The molecule has 0 saturated carbocycles. The Kier molecular flexibility index (Phi) is 6.42. The highest BCUT2D eigenvalue weighted by Gasteiger charge is 2.20. The normalized spacial score (nSPS) is 11.8. The van der Waals surface area contributed by atoms with E-state index < -0.39 is 11.0 Å². The molecule has 0 spiro atoms. The van der Waals surface area contributed by atoms with Crippen LogP contribution in [0.4, 0.5) is 11.4 Å². The SMILES string of the molecule is Cc1cc(Cl)ccc1Oc1cc(NC(=O)C(C)n2ncc(Br)c2C)cc([N+](=O)[O-])c1. The minimum Gasteiger partial charge on any atom is -0.457 e. The third-order valence-corrected chi connectivity index (χ3v) is 5.48. The molecule has 0 aliphatic rings. The van der Waals surface area contributed by atoms with Crippen LogP contribution in [-0.2, 0) is 4.79 Å². The average Bonchev–Trinajstić information content (AvgIpc) is 3.02. The van der Waals surface area contributed by atoms with Gasteiger partial charge in [-0.15, -0.1) is 0 Å². The van der Waals surface area contributed by atoms with Gasteiger partial charge < -0.3 is 10.1 Å². The fourth-order valence-electron chi connectivity index (χ4n) is 2.82. The maximum absolute atomic E-state index is 12.7. The van der Waals surface area contributed by atoms with Gasteiger partial charge in [0.15, 0.2) is 0 Å². The molecular formula is C20H18BrClN4O4. The summed E-state index contributed by atoms with van der Waals surface area (Å²) < 4.78 is 8.15. The summed E-state index contributed by atoms with van der Waals surface area (Å²) in [5, 5.41) is 18.8. The van der Waals surface area contributed by atoms with E-state index in [0.29, 0.717) is 10.8 Å². The van der Waals surface area contributed by atoms with E-state index in [9.17, 15) is 14.9 Å². The van der Waals surface area contributed by atoms with Gasteiger partial charge in [0.2, 0.25) is 5.91 Å². The standard InChI is InChI=1S/C20H18BrClN4O4/c1-11-6-14(22)4-5-19(11)30-17-8-15(7-16(9-17)26(28)29)24-20(27)13(3)25-12(2)18(21)10-23-25/h4-10,13H,1-3H3,(H,24,27). The number of rotatable bonds is 6. The number of nitro benzene ring substituents is 1. The molecule has 1 N–H and O–H groups in total. The van der Waals surface area contributed by atoms with Gasteiger partial charge in [-0.05, 0) is 60.5 Å². The highest BCUT2D eigenvalue weighted by molar-refractivity contribution is 9.10. The van der Waals surface area contributed by atoms with Gasteiger partial charge in [0.05, 0.1) is 33.0 Å². The maximum Gasteiger partial charge on any atom is 0.275 e. The van der Waals surface area contributed by atoms with Crippen LogP contribution in [0.15, 0.2) is 47.1 Å². The molecule has 3 rings (SSSR count). The Hall–Kier alpha value is -2.91. The predicted octanol–water partition coefficient (Wildman–Crippen LogP) is 5.82. The van der Waals surface area contributed by atoms with E-state index in [1.807, 2.05) is 13.8 Å². The zero-order chi connectivity index (χ0) is 22.0. The van der Waals surface area contributed by atoms with Gasteiger partial charge in [-0.25, -0.2) is 0 Å². The molecule has 0 fully saturated rings. The molecule has 30 heavy (non-hydrogen) atoms. The molecule has 1 atom stereocenters. The van der Waals surface area contributed by atoms with Gasteiger partial charge in [0, 0.05) is 17.2 Å². The first-order chi connectivity index (χ1) is 14.2. The Bertz CT molecular complexity index is 1130. The Morgan fingerprint density at radius 1 is 1.30 bits per heavy atom. The molecule has 0 aliphatic carbocycles. The van der Waals surface area contributed by atoms with Crippen LogP contribution in [0.3, 0.4) is 0 Å². The lowest BCUT2D eigenvalue weighted by Crippen LogP contribution is -2.25. The molecule has 1 amide bonds. The fourth-order valence-corrected chi connectivity index (χ4v) is 3.32. The molecular weight excluding hydrogens is 476 g/mol. The van der Waals surface area contributed by atoms with Crippen molar-refractivity contribution in [2.45, 2.75) is 26.8 Å². The van der Waals surface area contributed by atoms with Crippen LogP contribution >= 0.6 is 27.5 Å². The van der Waals surface area contributed by atoms with Crippen LogP contribution < -0.4 is 10.1 Å². The first-order valence-electron chi connectivity index (χ1n) is 8.89. The maximum atomic E-state index is 12.7. The van der Waals surface area contributed by atoms with E-state index in [4.69, 9.17) is 16.3 Å². The minimum absolute atomic E-state index is 0.208. The van der Waals surface area contributed by atoms with Crippen LogP contribution in [0.25, 0.3) is 0 Å².